The Bertz CT molecular complexity index is 545. The van der Waals surface area contributed by atoms with Crippen LogP contribution in [0.4, 0.5) is 0 Å². The van der Waals surface area contributed by atoms with Crippen LogP contribution >= 0.6 is 0 Å². The number of rotatable bonds is 4. The third-order valence-electron chi connectivity index (χ3n) is 4.45. The van der Waals surface area contributed by atoms with Gasteiger partial charge in [0, 0.05) is 5.56 Å². The molecular formula is C17H23NO3. The van der Waals surface area contributed by atoms with E-state index in [0.717, 1.165) is 43.2 Å². The van der Waals surface area contributed by atoms with Gasteiger partial charge in [-0.1, -0.05) is 25.3 Å². The molecule has 0 radical (unpaired) electrons. The molecule has 1 aromatic carbocycles. The van der Waals surface area contributed by atoms with Crippen LogP contribution in [0.2, 0.25) is 0 Å². The molecule has 1 saturated carbocycles. The van der Waals surface area contributed by atoms with Crippen molar-refractivity contribution in [2.24, 2.45) is 0 Å². The van der Waals surface area contributed by atoms with Crippen molar-refractivity contribution in [3.8, 4) is 0 Å². The summed E-state index contributed by atoms with van der Waals surface area (Å²) in [6, 6.07) is 5.59. The summed E-state index contributed by atoms with van der Waals surface area (Å²) in [7, 11) is 0. The smallest absolute Gasteiger partial charge is 0.305 e. The van der Waals surface area contributed by atoms with E-state index < -0.39 is 11.5 Å². The minimum atomic E-state index is -0.850. The maximum atomic E-state index is 12.5. The molecule has 0 aromatic heterocycles. The highest BCUT2D eigenvalue weighted by Gasteiger charge is 2.36. The lowest BCUT2D eigenvalue weighted by atomic mass is 9.79. The molecule has 0 spiro atoms. The van der Waals surface area contributed by atoms with E-state index in [1.807, 2.05) is 26.0 Å². The molecule has 1 aliphatic rings. The van der Waals surface area contributed by atoms with Crippen molar-refractivity contribution in [2.45, 2.75) is 57.9 Å². The first-order valence-electron chi connectivity index (χ1n) is 7.53. The Kier molecular flexibility index (Phi) is 4.66. The quantitative estimate of drug-likeness (QED) is 0.894. The van der Waals surface area contributed by atoms with Gasteiger partial charge in [0.1, 0.15) is 0 Å². The summed E-state index contributed by atoms with van der Waals surface area (Å²) in [5.41, 5.74) is 2.23. The molecule has 4 nitrogen and oxygen atoms in total. The van der Waals surface area contributed by atoms with Gasteiger partial charge in [-0.3, -0.25) is 9.59 Å². The van der Waals surface area contributed by atoms with Gasteiger partial charge in [-0.15, -0.1) is 0 Å². The second-order valence-electron chi connectivity index (χ2n) is 6.16. The molecule has 0 unspecified atom stereocenters. The third-order valence-corrected chi connectivity index (χ3v) is 4.45. The van der Waals surface area contributed by atoms with E-state index in [4.69, 9.17) is 5.11 Å². The minimum Gasteiger partial charge on any atom is -0.481 e. The van der Waals surface area contributed by atoms with Gasteiger partial charge in [-0.25, -0.2) is 0 Å². The Morgan fingerprint density at radius 2 is 1.81 bits per heavy atom. The Balaban J connectivity index is 2.17. The van der Waals surface area contributed by atoms with Gasteiger partial charge >= 0.3 is 5.97 Å². The number of carboxylic acid groups (broad SMARTS) is 1. The van der Waals surface area contributed by atoms with Crippen LogP contribution in [0.15, 0.2) is 18.2 Å². The fraction of sp³-hybridized carbons (Fsp3) is 0.529. The monoisotopic (exact) mass is 289 g/mol. The lowest BCUT2D eigenvalue weighted by Crippen LogP contribution is -2.51. The molecule has 21 heavy (non-hydrogen) atoms. The van der Waals surface area contributed by atoms with Gasteiger partial charge in [0.15, 0.2) is 0 Å². The Hall–Kier alpha value is -1.84. The molecule has 2 rings (SSSR count). The minimum absolute atomic E-state index is 0.00356. The number of nitrogens with one attached hydrogen (secondary N) is 1. The fourth-order valence-electron chi connectivity index (χ4n) is 3.06. The first kappa shape index (κ1) is 15.5. The van der Waals surface area contributed by atoms with Gasteiger partial charge in [0.2, 0.25) is 0 Å². The van der Waals surface area contributed by atoms with Crippen molar-refractivity contribution < 1.29 is 14.7 Å². The zero-order chi connectivity index (χ0) is 15.5. The Morgan fingerprint density at radius 3 is 2.38 bits per heavy atom. The average Bonchev–Trinajstić information content (AvgIpc) is 2.41. The topological polar surface area (TPSA) is 66.4 Å². The Labute approximate surface area is 125 Å². The first-order chi connectivity index (χ1) is 9.92. The number of aliphatic carboxylic acids is 1. The van der Waals surface area contributed by atoms with Crippen LogP contribution in [0.1, 0.15) is 60.0 Å². The van der Waals surface area contributed by atoms with Crippen LogP contribution < -0.4 is 5.32 Å². The number of carbonyl (C=O) groups excluding carboxylic acids is 1. The van der Waals surface area contributed by atoms with E-state index in [1.54, 1.807) is 6.07 Å². The molecule has 0 saturated heterocycles. The van der Waals surface area contributed by atoms with Crippen LogP contribution in [0.3, 0.4) is 0 Å². The normalized spacial score (nSPS) is 17.2. The lowest BCUT2D eigenvalue weighted by Gasteiger charge is -2.37. The van der Waals surface area contributed by atoms with Crippen LogP contribution in [0.5, 0.6) is 0 Å². The van der Waals surface area contributed by atoms with Crippen LogP contribution in [0.25, 0.3) is 0 Å². The van der Waals surface area contributed by atoms with E-state index in [2.05, 4.69) is 5.32 Å². The SMILES string of the molecule is Cc1ccc(C(=O)NC2(CC(=O)O)CCCCC2)cc1C. The second kappa shape index (κ2) is 6.29. The van der Waals surface area contributed by atoms with Gasteiger partial charge in [-0.2, -0.15) is 0 Å². The van der Waals surface area contributed by atoms with Crippen molar-refractivity contribution >= 4 is 11.9 Å². The molecule has 1 aromatic rings. The van der Waals surface area contributed by atoms with Gasteiger partial charge in [-0.05, 0) is 49.9 Å². The summed E-state index contributed by atoms with van der Waals surface area (Å²) in [6.07, 6.45) is 4.55. The molecule has 4 heteroatoms. The van der Waals surface area contributed by atoms with Crippen LogP contribution in [-0.4, -0.2) is 22.5 Å². The highest BCUT2D eigenvalue weighted by molar-refractivity contribution is 5.95. The lowest BCUT2D eigenvalue weighted by molar-refractivity contribution is -0.139. The van der Waals surface area contributed by atoms with Gasteiger partial charge in [0.25, 0.3) is 5.91 Å². The number of hydrogen-bond acceptors (Lipinski definition) is 2. The number of hydrogen-bond donors (Lipinski definition) is 2. The molecule has 0 heterocycles. The number of benzene rings is 1. The molecule has 1 fully saturated rings. The summed E-state index contributed by atoms with van der Waals surface area (Å²) >= 11 is 0. The van der Waals surface area contributed by atoms with Gasteiger partial charge in [0.05, 0.1) is 12.0 Å². The van der Waals surface area contributed by atoms with Crippen molar-refractivity contribution in [3.05, 3.63) is 34.9 Å². The molecule has 2 N–H and O–H groups in total. The van der Waals surface area contributed by atoms with Gasteiger partial charge < -0.3 is 10.4 Å². The van der Waals surface area contributed by atoms with E-state index in [9.17, 15) is 9.59 Å². The third kappa shape index (κ3) is 3.84. The van der Waals surface area contributed by atoms with Crippen LogP contribution in [-0.2, 0) is 4.79 Å². The van der Waals surface area contributed by atoms with Crippen molar-refractivity contribution in [1.82, 2.24) is 5.32 Å². The predicted molar refractivity (Wildman–Crippen MR) is 81.5 cm³/mol. The van der Waals surface area contributed by atoms with E-state index in [1.165, 1.54) is 0 Å². The number of amides is 1. The molecule has 1 amide bonds. The summed E-state index contributed by atoms with van der Waals surface area (Å²) < 4.78 is 0. The van der Waals surface area contributed by atoms with E-state index in [0.29, 0.717) is 5.56 Å². The largest absolute Gasteiger partial charge is 0.481 e. The van der Waals surface area contributed by atoms with E-state index in [-0.39, 0.29) is 12.3 Å². The summed E-state index contributed by atoms with van der Waals surface area (Å²) in [4.78, 5) is 23.6. The molecular weight excluding hydrogens is 266 g/mol. The Morgan fingerprint density at radius 1 is 1.14 bits per heavy atom. The maximum absolute atomic E-state index is 12.5. The molecule has 1 aliphatic carbocycles. The summed E-state index contributed by atoms with van der Waals surface area (Å²) in [5, 5.41) is 12.2. The number of aryl methyl sites for hydroxylation is 2. The summed E-state index contributed by atoms with van der Waals surface area (Å²) in [6.45, 7) is 3.98. The highest BCUT2D eigenvalue weighted by atomic mass is 16.4. The van der Waals surface area contributed by atoms with Crippen molar-refractivity contribution in [1.29, 1.82) is 0 Å². The maximum Gasteiger partial charge on any atom is 0.305 e. The molecule has 114 valence electrons. The summed E-state index contributed by atoms with van der Waals surface area (Å²) in [5.74, 6) is -1.02. The zero-order valence-electron chi connectivity index (χ0n) is 12.7. The van der Waals surface area contributed by atoms with Crippen molar-refractivity contribution in [2.75, 3.05) is 0 Å². The average molecular weight is 289 g/mol. The molecule has 0 bridgehead atoms. The second-order valence-corrected chi connectivity index (χ2v) is 6.16. The number of carbonyl (C=O) groups is 2. The van der Waals surface area contributed by atoms with Crippen LogP contribution in [0, 0.1) is 13.8 Å². The van der Waals surface area contributed by atoms with E-state index >= 15 is 0 Å². The fourth-order valence-corrected chi connectivity index (χ4v) is 3.06. The standard InChI is InChI=1S/C17H23NO3/c1-12-6-7-14(10-13(12)2)16(21)18-17(11-15(19)20)8-4-3-5-9-17/h6-7,10H,3-5,8-9,11H2,1-2H3,(H,18,21)(H,19,20). The predicted octanol–water partition coefficient (Wildman–Crippen LogP) is 3.21. The molecule has 0 atom stereocenters. The highest BCUT2D eigenvalue weighted by Crippen LogP contribution is 2.31. The number of carboxylic acids is 1. The zero-order valence-corrected chi connectivity index (χ0v) is 12.7. The van der Waals surface area contributed by atoms with Crippen molar-refractivity contribution in [3.63, 3.8) is 0 Å². The first-order valence-corrected chi connectivity index (χ1v) is 7.53. The molecule has 0 aliphatic heterocycles.